The summed E-state index contributed by atoms with van der Waals surface area (Å²) in [7, 11) is 1.63. The summed E-state index contributed by atoms with van der Waals surface area (Å²) in [6.07, 6.45) is 0. The van der Waals surface area contributed by atoms with Crippen LogP contribution in [0.25, 0.3) is 0 Å². The third kappa shape index (κ3) is 5.49. The number of hydrogen-bond acceptors (Lipinski definition) is 7. The Morgan fingerprint density at radius 3 is 2.75 bits per heavy atom. The normalized spacial score (nSPS) is 12.0. The van der Waals surface area contributed by atoms with Crippen molar-refractivity contribution in [1.29, 1.82) is 0 Å². The van der Waals surface area contributed by atoms with Gasteiger partial charge in [-0.3, -0.25) is 4.79 Å². The van der Waals surface area contributed by atoms with Gasteiger partial charge in [0.05, 0.1) is 27.6 Å². The van der Waals surface area contributed by atoms with Crippen LogP contribution < -0.4 is 10.6 Å². The summed E-state index contributed by atoms with van der Waals surface area (Å²) in [5.74, 6) is -0.209. The van der Waals surface area contributed by atoms with Gasteiger partial charge in [0.25, 0.3) is 0 Å². The molecule has 0 aliphatic carbocycles. The molecule has 6 nitrogen and oxygen atoms in total. The highest BCUT2D eigenvalue weighted by Gasteiger charge is 2.19. The minimum Gasteiger partial charge on any atom is -0.383 e. The fourth-order valence-electron chi connectivity index (χ4n) is 1.64. The van der Waals surface area contributed by atoms with Crippen LogP contribution in [0.2, 0.25) is 10.0 Å². The Hall–Kier alpha value is -1.06. The maximum Gasteiger partial charge on any atom is 0.237 e. The number of nitrogens with zero attached hydrogens (tertiary/aromatic N) is 2. The van der Waals surface area contributed by atoms with E-state index in [1.54, 1.807) is 32.2 Å². The van der Waals surface area contributed by atoms with E-state index in [2.05, 4.69) is 20.8 Å². The molecular weight excluding hydrogens is 391 g/mol. The molecule has 1 aromatic carbocycles. The molecule has 0 aliphatic rings. The van der Waals surface area contributed by atoms with E-state index in [4.69, 9.17) is 27.9 Å². The highest BCUT2D eigenvalue weighted by atomic mass is 35.5. The first-order valence-corrected chi connectivity index (χ1v) is 9.44. The summed E-state index contributed by atoms with van der Waals surface area (Å²) in [6, 6.07) is 5.06. The van der Waals surface area contributed by atoms with Gasteiger partial charge in [-0.25, -0.2) is 0 Å². The zero-order valence-corrected chi connectivity index (χ0v) is 16.2. The van der Waals surface area contributed by atoms with Crippen molar-refractivity contribution in [3.05, 3.63) is 28.2 Å². The number of thioether (sulfide) groups is 1. The zero-order valence-electron chi connectivity index (χ0n) is 13.0. The number of carbonyl (C=O) groups is 1. The number of carbonyl (C=O) groups excluding carboxylic acids is 1. The maximum atomic E-state index is 12.3. The van der Waals surface area contributed by atoms with E-state index in [9.17, 15) is 4.79 Å². The van der Waals surface area contributed by atoms with Crippen molar-refractivity contribution in [3.8, 4) is 0 Å². The monoisotopic (exact) mass is 406 g/mol. The highest BCUT2D eigenvalue weighted by Crippen LogP contribution is 2.32. The standard InChI is InChI=1S/C14H16Cl2N4O2S2/c1-8(12(21)18-11-9(15)4-3-5-10(11)16)23-14-20-19-13(24-14)17-6-7-22-2/h3-5,8H,6-7H2,1-2H3,(H,17,19)(H,18,21)/t8-/m1/s1. The van der Waals surface area contributed by atoms with E-state index in [0.29, 0.717) is 38.4 Å². The predicted molar refractivity (Wildman–Crippen MR) is 101 cm³/mol. The molecule has 0 saturated heterocycles. The molecule has 0 radical (unpaired) electrons. The van der Waals surface area contributed by atoms with Gasteiger partial charge in [-0.1, -0.05) is 52.4 Å². The van der Waals surface area contributed by atoms with Crippen molar-refractivity contribution >= 4 is 63.0 Å². The highest BCUT2D eigenvalue weighted by molar-refractivity contribution is 8.02. The van der Waals surface area contributed by atoms with Gasteiger partial charge in [-0.05, 0) is 19.1 Å². The lowest BCUT2D eigenvalue weighted by Crippen LogP contribution is -2.22. The summed E-state index contributed by atoms with van der Waals surface area (Å²) < 4.78 is 5.65. The Bertz CT molecular complexity index is 679. The number of para-hydroxylation sites is 1. The third-order valence-corrected chi connectivity index (χ3v) is 5.54. The second kappa shape index (κ2) is 9.43. The molecule has 10 heteroatoms. The number of ether oxygens (including phenoxy) is 1. The number of halogens is 2. The summed E-state index contributed by atoms with van der Waals surface area (Å²) >= 11 is 14.8. The van der Waals surface area contributed by atoms with Gasteiger partial charge in [-0.15, -0.1) is 10.2 Å². The van der Waals surface area contributed by atoms with E-state index in [1.807, 2.05) is 0 Å². The van der Waals surface area contributed by atoms with Crippen LogP contribution in [0.5, 0.6) is 0 Å². The first-order valence-electron chi connectivity index (χ1n) is 6.99. The van der Waals surface area contributed by atoms with Crippen LogP contribution in [-0.4, -0.2) is 41.6 Å². The first kappa shape index (κ1) is 19.3. The molecule has 0 bridgehead atoms. The van der Waals surface area contributed by atoms with Gasteiger partial charge in [0.1, 0.15) is 0 Å². The van der Waals surface area contributed by atoms with Crippen LogP contribution in [0.3, 0.4) is 0 Å². The zero-order chi connectivity index (χ0) is 17.5. The maximum absolute atomic E-state index is 12.3. The second-order valence-corrected chi connectivity index (χ2v) is 8.02. The van der Waals surface area contributed by atoms with Gasteiger partial charge in [0.2, 0.25) is 11.0 Å². The molecule has 2 N–H and O–H groups in total. The van der Waals surface area contributed by atoms with Crippen LogP contribution >= 0.6 is 46.3 Å². The number of amides is 1. The lowest BCUT2D eigenvalue weighted by Gasteiger charge is -2.12. The number of aromatic nitrogens is 2. The number of methoxy groups -OCH3 is 1. The van der Waals surface area contributed by atoms with E-state index >= 15 is 0 Å². The Labute approximate surface area is 158 Å². The molecule has 0 saturated carbocycles. The summed E-state index contributed by atoms with van der Waals surface area (Å²) in [4.78, 5) is 12.3. The Kier molecular flexibility index (Phi) is 7.57. The molecule has 1 heterocycles. The first-order chi connectivity index (χ1) is 11.5. The molecule has 2 aromatic rings. The number of hydrogen-bond donors (Lipinski definition) is 2. The average molecular weight is 407 g/mol. The average Bonchev–Trinajstić information content (AvgIpc) is 2.98. The lowest BCUT2D eigenvalue weighted by molar-refractivity contribution is -0.115. The van der Waals surface area contributed by atoms with Crippen molar-refractivity contribution in [2.45, 2.75) is 16.5 Å². The smallest absolute Gasteiger partial charge is 0.237 e. The quantitative estimate of drug-likeness (QED) is 0.509. The molecule has 0 unspecified atom stereocenters. The number of rotatable bonds is 8. The van der Waals surface area contributed by atoms with Gasteiger partial charge in [-0.2, -0.15) is 0 Å². The van der Waals surface area contributed by atoms with Gasteiger partial charge >= 0.3 is 0 Å². The molecule has 0 spiro atoms. The fraction of sp³-hybridized carbons (Fsp3) is 0.357. The topological polar surface area (TPSA) is 76.1 Å². The van der Waals surface area contributed by atoms with Crippen LogP contribution in [0, 0.1) is 0 Å². The van der Waals surface area contributed by atoms with Gasteiger partial charge in [0.15, 0.2) is 4.34 Å². The van der Waals surface area contributed by atoms with Crippen LogP contribution in [-0.2, 0) is 9.53 Å². The summed E-state index contributed by atoms with van der Waals surface area (Å²) in [5, 5.41) is 15.0. The Balaban J connectivity index is 1.92. The van der Waals surface area contributed by atoms with Crippen molar-refractivity contribution < 1.29 is 9.53 Å². The predicted octanol–water partition coefficient (Wildman–Crippen LogP) is 4.02. The Morgan fingerprint density at radius 2 is 2.08 bits per heavy atom. The number of nitrogens with one attached hydrogen (secondary N) is 2. The molecule has 0 aliphatic heterocycles. The van der Waals surface area contributed by atoms with E-state index in [-0.39, 0.29) is 11.2 Å². The van der Waals surface area contributed by atoms with E-state index < -0.39 is 0 Å². The molecule has 2 rings (SSSR count). The largest absolute Gasteiger partial charge is 0.383 e. The second-order valence-electron chi connectivity index (χ2n) is 4.64. The van der Waals surface area contributed by atoms with Crippen molar-refractivity contribution in [1.82, 2.24) is 10.2 Å². The van der Waals surface area contributed by atoms with Crippen LogP contribution in [0.4, 0.5) is 10.8 Å². The Morgan fingerprint density at radius 1 is 1.38 bits per heavy atom. The minimum absolute atomic E-state index is 0.209. The van der Waals surface area contributed by atoms with Crippen molar-refractivity contribution in [2.75, 3.05) is 30.9 Å². The van der Waals surface area contributed by atoms with Crippen molar-refractivity contribution in [3.63, 3.8) is 0 Å². The van der Waals surface area contributed by atoms with Gasteiger partial charge in [0, 0.05) is 13.7 Å². The summed E-state index contributed by atoms with van der Waals surface area (Å²) in [6.45, 7) is 3.01. The summed E-state index contributed by atoms with van der Waals surface area (Å²) in [5.41, 5.74) is 0.414. The van der Waals surface area contributed by atoms with E-state index in [1.165, 1.54) is 23.1 Å². The SMILES string of the molecule is COCCNc1nnc(S[C@H](C)C(=O)Nc2c(Cl)cccc2Cl)s1. The van der Waals surface area contributed by atoms with Crippen LogP contribution in [0.15, 0.2) is 22.5 Å². The third-order valence-electron chi connectivity index (χ3n) is 2.85. The minimum atomic E-state index is -0.378. The molecule has 1 aromatic heterocycles. The van der Waals surface area contributed by atoms with Crippen molar-refractivity contribution in [2.24, 2.45) is 0 Å². The molecule has 24 heavy (non-hydrogen) atoms. The molecule has 0 fully saturated rings. The molecule has 1 amide bonds. The number of benzene rings is 1. The van der Waals surface area contributed by atoms with Crippen LogP contribution in [0.1, 0.15) is 6.92 Å². The van der Waals surface area contributed by atoms with E-state index in [0.717, 1.165) is 0 Å². The van der Waals surface area contributed by atoms with Gasteiger partial charge < -0.3 is 15.4 Å². The lowest BCUT2D eigenvalue weighted by atomic mass is 10.3. The number of anilines is 2. The molecule has 130 valence electrons. The fourth-order valence-corrected chi connectivity index (χ4v) is 4.05. The molecular formula is C14H16Cl2N4O2S2. The molecule has 1 atom stereocenters.